The highest BCUT2D eigenvalue weighted by molar-refractivity contribution is 5.94. The Morgan fingerprint density at radius 2 is 1.77 bits per heavy atom. The van der Waals surface area contributed by atoms with Crippen LogP contribution in [0.15, 0.2) is 24.3 Å². The lowest BCUT2D eigenvalue weighted by Gasteiger charge is -2.41. The van der Waals surface area contributed by atoms with Gasteiger partial charge in [-0.2, -0.15) is 0 Å². The number of urea groups is 2. The smallest absolute Gasteiger partial charge is 0.319 e. The molecular weight excluding hydrogens is 382 g/mol. The Bertz CT molecular complexity index is 735. The molecule has 0 bridgehead atoms. The van der Waals surface area contributed by atoms with Crippen molar-refractivity contribution in [2.75, 3.05) is 31.5 Å². The molecule has 0 radical (unpaired) electrons. The molecule has 1 aliphatic heterocycles. The molecule has 30 heavy (non-hydrogen) atoms. The molecule has 2 unspecified atom stereocenters. The number of hydrogen-bond acceptors (Lipinski definition) is 3. The van der Waals surface area contributed by atoms with E-state index in [1.807, 2.05) is 52.0 Å². The predicted octanol–water partition coefficient (Wildman–Crippen LogP) is 2.66. The van der Waals surface area contributed by atoms with E-state index in [9.17, 15) is 14.4 Å². The van der Waals surface area contributed by atoms with Crippen molar-refractivity contribution in [3.8, 4) is 0 Å². The van der Waals surface area contributed by atoms with Gasteiger partial charge in [-0.25, -0.2) is 9.59 Å². The van der Waals surface area contributed by atoms with E-state index >= 15 is 0 Å². The summed E-state index contributed by atoms with van der Waals surface area (Å²) in [7, 11) is 0. The lowest BCUT2D eigenvalue weighted by atomic mass is 10.0. The van der Waals surface area contributed by atoms with Crippen LogP contribution < -0.4 is 16.0 Å². The fourth-order valence-corrected chi connectivity index (χ4v) is 3.55. The Labute approximate surface area is 179 Å². The first-order chi connectivity index (χ1) is 14.3. The largest absolute Gasteiger partial charge is 0.338 e. The van der Waals surface area contributed by atoms with Crippen molar-refractivity contribution in [1.82, 2.24) is 20.4 Å². The monoisotopic (exact) mass is 417 g/mol. The molecule has 0 aliphatic carbocycles. The van der Waals surface area contributed by atoms with Crippen LogP contribution in [-0.2, 0) is 11.2 Å². The van der Waals surface area contributed by atoms with Gasteiger partial charge in [-0.3, -0.25) is 4.79 Å². The summed E-state index contributed by atoms with van der Waals surface area (Å²) in [6.45, 7) is 11.6. The number of carbonyl (C=O) groups is 3. The third kappa shape index (κ3) is 6.11. The minimum atomic E-state index is -0.636. The van der Waals surface area contributed by atoms with Gasteiger partial charge in [0, 0.05) is 37.9 Å². The lowest BCUT2D eigenvalue weighted by molar-refractivity contribution is -0.136. The average molecular weight is 418 g/mol. The third-order valence-electron chi connectivity index (χ3n) is 5.37. The molecule has 8 nitrogen and oxygen atoms in total. The highest BCUT2D eigenvalue weighted by Gasteiger charge is 2.34. The summed E-state index contributed by atoms with van der Waals surface area (Å²) >= 11 is 0. The number of piperazine rings is 1. The zero-order chi connectivity index (χ0) is 22.3. The SMILES string of the molecule is CCNC(=O)N1CCN(C(=O)C(NC(=O)Nc2ccc(CC)cc2)C(C)C)CC1C. The van der Waals surface area contributed by atoms with E-state index < -0.39 is 12.1 Å². The number of nitrogens with one attached hydrogen (secondary N) is 3. The molecule has 1 fully saturated rings. The Morgan fingerprint density at radius 3 is 2.30 bits per heavy atom. The minimum Gasteiger partial charge on any atom is -0.338 e. The van der Waals surface area contributed by atoms with E-state index in [4.69, 9.17) is 0 Å². The maximum atomic E-state index is 13.1. The van der Waals surface area contributed by atoms with Gasteiger partial charge in [0.2, 0.25) is 5.91 Å². The van der Waals surface area contributed by atoms with Crippen LogP contribution in [-0.4, -0.2) is 66.0 Å². The van der Waals surface area contributed by atoms with Crippen LogP contribution in [0.3, 0.4) is 0 Å². The molecule has 166 valence electrons. The van der Waals surface area contributed by atoms with Gasteiger partial charge in [-0.1, -0.05) is 32.9 Å². The molecule has 0 saturated carbocycles. The number of hydrogen-bond donors (Lipinski definition) is 3. The highest BCUT2D eigenvalue weighted by atomic mass is 16.2. The van der Waals surface area contributed by atoms with Crippen molar-refractivity contribution < 1.29 is 14.4 Å². The second kappa shape index (κ2) is 10.8. The van der Waals surface area contributed by atoms with Crippen molar-refractivity contribution in [3.63, 3.8) is 0 Å². The molecule has 2 atom stereocenters. The fraction of sp³-hybridized carbons (Fsp3) is 0.591. The van der Waals surface area contributed by atoms with Gasteiger partial charge >= 0.3 is 12.1 Å². The first kappa shape index (κ1) is 23.5. The van der Waals surface area contributed by atoms with E-state index in [1.165, 1.54) is 5.56 Å². The number of anilines is 1. The summed E-state index contributed by atoms with van der Waals surface area (Å²) in [5.74, 6) is -0.189. The molecule has 2 rings (SSSR count). The Morgan fingerprint density at radius 1 is 1.10 bits per heavy atom. The first-order valence-corrected chi connectivity index (χ1v) is 10.8. The second-order valence-corrected chi connectivity index (χ2v) is 8.03. The number of aryl methyl sites for hydroxylation is 1. The van der Waals surface area contributed by atoms with E-state index in [0.29, 0.717) is 31.9 Å². The van der Waals surface area contributed by atoms with Crippen molar-refractivity contribution in [2.24, 2.45) is 5.92 Å². The van der Waals surface area contributed by atoms with Crippen LogP contribution in [0.2, 0.25) is 0 Å². The third-order valence-corrected chi connectivity index (χ3v) is 5.37. The van der Waals surface area contributed by atoms with Crippen LogP contribution in [0, 0.1) is 5.92 Å². The maximum Gasteiger partial charge on any atom is 0.319 e. The molecule has 0 spiro atoms. The van der Waals surface area contributed by atoms with Gasteiger partial charge in [0.25, 0.3) is 0 Å². The summed E-state index contributed by atoms with van der Waals surface area (Å²) in [5.41, 5.74) is 1.88. The van der Waals surface area contributed by atoms with Gasteiger partial charge < -0.3 is 25.8 Å². The van der Waals surface area contributed by atoms with Crippen LogP contribution in [0.4, 0.5) is 15.3 Å². The standard InChI is InChI=1S/C22H35N5O3/c1-6-17-8-10-18(11-9-17)24-21(29)25-19(15(3)4)20(28)26-12-13-27(16(5)14-26)22(30)23-7-2/h8-11,15-16,19H,6-7,12-14H2,1-5H3,(H,23,30)(H2,24,25,29). The van der Waals surface area contributed by atoms with E-state index in [0.717, 1.165) is 6.42 Å². The van der Waals surface area contributed by atoms with E-state index in [1.54, 1.807) is 9.80 Å². The predicted molar refractivity (Wildman–Crippen MR) is 118 cm³/mol. The molecular formula is C22H35N5O3. The number of carbonyl (C=O) groups excluding carboxylic acids is 3. The molecule has 5 amide bonds. The van der Waals surface area contributed by atoms with Gasteiger partial charge in [0.15, 0.2) is 0 Å². The molecule has 1 aliphatic rings. The number of nitrogens with zero attached hydrogens (tertiary/aromatic N) is 2. The quantitative estimate of drug-likeness (QED) is 0.664. The normalized spacial score (nSPS) is 17.5. The minimum absolute atomic E-state index is 0.0672. The molecule has 0 aromatic heterocycles. The summed E-state index contributed by atoms with van der Waals surface area (Å²) < 4.78 is 0. The number of rotatable bonds is 6. The summed E-state index contributed by atoms with van der Waals surface area (Å²) in [4.78, 5) is 41.2. The van der Waals surface area contributed by atoms with Gasteiger partial charge in [-0.15, -0.1) is 0 Å². The van der Waals surface area contributed by atoms with E-state index in [2.05, 4.69) is 22.9 Å². The molecule has 1 heterocycles. The van der Waals surface area contributed by atoms with Crippen LogP contribution in [0.1, 0.15) is 40.2 Å². The second-order valence-electron chi connectivity index (χ2n) is 8.03. The number of benzene rings is 1. The summed E-state index contributed by atoms with van der Waals surface area (Å²) in [6, 6.07) is 6.41. The Balaban J connectivity index is 1.97. The van der Waals surface area contributed by atoms with Gasteiger partial charge in [0.05, 0.1) is 0 Å². The van der Waals surface area contributed by atoms with Crippen LogP contribution in [0.5, 0.6) is 0 Å². The van der Waals surface area contributed by atoms with Gasteiger partial charge in [-0.05, 0) is 43.9 Å². The van der Waals surface area contributed by atoms with Crippen LogP contribution in [0.25, 0.3) is 0 Å². The zero-order valence-electron chi connectivity index (χ0n) is 18.7. The maximum absolute atomic E-state index is 13.1. The summed E-state index contributed by atoms with van der Waals surface area (Å²) in [5, 5.41) is 8.43. The van der Waals surface area contributed by atoms with Crippen molar-refractivity contribution in [3.05, 3.63) is 29.8 Å². The highest BCUT2D eigenvalue weighted by Crippen LogP contribution is 2.15. The average Bonchev–Trinajstić information content (AvgIpc) is 2.72. The van der Waals surface area contributed by atoms with Crippen molar-refractivity contribution in [2.45, 2.75) is 53.1 Å². The molecule has 3 N–H and O–H groups in total. The Hall–Kier alpha value is -2.77. The van der Waals surface area contributed by atoms with E-state index in [-0.39, 0.29) is 23.9 Å². The van der Waals surface area contributed by atoms with Crippen LogP contribution >= 0.6 is 0 Å². The van der Waals surface area contributed by atoms with Crippen molar-refractivity contribution >= 4 is 23.7 Å². The van der Waals surface area contributed by atoms with Crippen molar-refractivity contribution in [1.29, 1.82) is 0 Å². The zero-order valence-corrected chi connectivity index (χ0v) is 18.7. The molecule has 1 saturated heterocycles. The topological polar surface area (TPSA) is 93.8 Å². The summed E-state index contributed by atoms with van der Waals surface area (Å²) in [6.07, 6.45) is 0.933. The first-order valence-electron chi connectivity index (χ1n) is 10.8. The molecule has 8 heteroatoms. The molecule has 1 aromatic carbocycles. The van der Waals surface area contributed by atoms with Gasteiger partial charge in [0.1, 0.15) is 6.04 Å². The number of amides is 5. The fourth-order valence-electron chi connectivity index (χ4n) is 3.55. The Kier molecular flexibility index (Phi) is 8.50. The lowest BCUT2D eigenvalue weighted by Crippen LogP contribution is -2.61. The molecule has 1 aromatic rings.